The molecule has 12 heteroatoms. The fourth-order valence-corrected chi connectivity index (χ4v) is 9.74. The summed E-state index contributed by atoms with van der Waals surface area (Å²) >= 11 is 12.1. The van der Waals surface area contributed by atoms with E-state index < -0.39 is 34.7 Å². The Bertz CT molecular complexity index is 3110. The van der Waals surface area contributed by atoms with Crippen LogP contribution >= 0.6 is 23.2 Å². The van der Waals surface area contributed by atoms with Crippen LogP contribution < -0.4 is 9.47 Å². The van der Waals surface area contributed by atoms with Gasteiger partial charge in [0, 0.05) is 10.0 Å². The SMILES string of the molecule is COc1cccc(C(=O)OCC2(COC(=O)c3cccc(OC)c3)c3ccccc3-c3ccccc32)c1.O=C(OCC1(COC(=O)c2cccc(Cl)c2)c2ccccc2-c2ccccc21)c1cccc(Cl)c1. The van der Waals surface area contributed by atoms with Crippen LogP contribution in [-0.4, -0.2) is 64.5 Å². The average molecular weight is 998 g/mol. The second-order valence-corrected chi connectivity index (χ2v) is 18.0. The Morgan fingerprint density at radius 2 is 0.611 bits per heavy atom. The van der Waals surface area contributed by atoms with Gasteiger partial charge in [-0.25, -0.2) is 19.2 Å². The predicted molar refractivity (Wildman–Crippen MR) is 275 cm³/mol. The van der Waals surface area contributed by atoms with E-state index in [4.69, 9.17) is 51.6 Å². The number of carbonyl (C=O) groups excluding carboxylic acids is 4. The summed E-state index contributed by atoms with van der Waals surface area (Å²) in [6.45, 7) is -0.0602. The van der Waals surface area contributed by atoms with Crippen LogP contribution in [0.2, 0.25) is 10.0 Å². The van der Waals surface area contributed by atoms with E-state index >= 15 is 0 Å². The van der Waals surface area contributed by atoms with Crippen molar-refractivity contribution in [3.8, 4) is 33.8 Å². The van der Waals surface area contributed by atoms with Gasteiger partial charge in [-0.1, -0.05) is 145 Å². The topological polar surface area (TPSA) is 124 Å². The number of hydrogen-bond donors (Lipinski definition) is 0. The number of rotatable bonds is 14. The molecule has 0 fully saturated rings. The number of carbonyl (C=O) groups is 4. The summed E-state index contributed by atoms with van der Waals surface area (Å²) in [7, 11) is 3.09. The standard InChI is InChI=1S/C31H26O6.C29H20Cl2O4/c1-34-23-11-7-9-21(17-23)29(32)36-19-31(20-37-30(33)22-10-8-12-24(18-22)35-2)27-15-5-3-13-25(27)26-14-4-6-16-28(26)31;30-21-9-5-7-19(15-21)27(32)34-17-29(18-35-28(33)20-8-6-10-22(31)16-20)25-13-3-1-11-23(25)24-12-2-4-14-26(24)29/h3-18H,19-20H2,1-2H3;1-16H,17-18H2. The van der Waals surface area contributed by atoms with Gasteiger partial charge in [0.05, 0.1) is 47.3 Å². The van der Waals surface area contributed by atoms with Crippen molar-refractivity contribution < 1.29 is 47.6 Å². The molecule has 0 bridgehead atoms. The average Bonchev–Trinajstić information content (AvgIpc) is 3.87. The molecule has 0 aromatic heterocycles. The fraction of sp³-hybridized carbons (Fsp3) is 0.133. The largest absolute Gasteiger partial charge is 0.497 e. The fourth-order valence-electron chi connectivity index (χ4n) is 9.36. The molecule has 2 aliphatic carbocycles. The van der Waals surface area contributed by atoms with Crippen LogP contribution in [0.3, 0.4) is 0 Å². The summed E-state index contributed by atoms with van der Waals surface area (Å²) in [5.74, 6) is -0.857. The highest BCUT2D eigenvalue weighted by Crippen LogP contribution is 2.51. The molecule has 0 amide bonds. The monoisotopic (exact) mass is 996 g/mol. The van der Waals surface area contributed by atoms with Crippen LogP contribution in [0.1, 0.15) is 63.7 Å². The Labute approximate surface area is 426 Å². The highest BCUT2D eigenvalue weighted by atomic mass is 35.5. The number of halogens is 2. The van der Waals surface area contributed by atoms with Gasteiger partial charge in [0.25, 0.3) is 0 Å². The highest BCUT2D eigenvalue weighted by molar-refractivity contribution is 6.31. The van der Waals surface area contributed by atoms with E-state index in [1.807, 2.05) is 97.1 Å². The Kier molecular flexibility index (Phi) is 14.5. The third-order valence-electron chi connectivity index (χ3n) is 12.9. The Morgan fingerprint density at radius 3 is 0.889 bits per heavy atom. The molecule has 0 saturated carbocycles. The van der Waals surface area contributed by atoms with Gasteiger partial charge in [-0.05, 0) is 117 Å². The third kappa shape index (κ3) is 9.92. The third-order valence-corrected chi connectivity index (χ3v) is 13.4. The van der Waals surface area contributed by atoms with E-state index in [1.165, 1.54) is 0 Å². The van der Waals surface area contributed by atoms with Crippen molar-refractivity contribution in [2.45, 2.75) is 10.8 Å². The molecule has 0 atom stereocenters. The summed E-state index contributed by atoms with van der Waals surface area (Å²) in [5.41, 5.74) is 7.50. The van der Waals surface area contributed by atoms with Crippen LogP contribution in [0.5, 0.6) is 11.5 Å². The van der Waals surface area contributed by atoms with E-state index in [2.05, 4.69) is 0 Å². The van der Waals surface area contributed by atoms with E-state index in [1.54, 1.807) is 111 Å². The molecule has 0 spiro atoms. The Balaban J connectivity index is 0.000000178. The summed E-state index contributed by atoms with van der Waals surface area (Å²) in [6, 6.07) is 58.5. The lowest BCUT2D eigenvalue weighted by Crippen LogP contribution is -2.38. The molecular formula is C60H46Cl2O10. The lowest BCUT2D eigenvalue weighted by molar-refractivity contribution is 0.0232. The zero-order valence-electron chi connectivity index (χ0n) is 39.1. The number of fused-ring (bicyclic) bond motifs is 6. The van der Waals surface area contributed by atoms with E-state index in [0.717, 1.165) is 44.5 Å². The number of benzene rings is 8. The number of methoxy groups -OCH3 is 2. The first-order valence-corrected chi connectivity index (χ1v) is 23.7. The minimum Gasteiger partial charge on any atom is -0.497 e. The lowest BCUT2D eigenvalue weighted by atomic mass is 9.79. The van der Waals surface area contributed by atoms with E-state index in [0.29, 0.717) is 43.8 Å². The molecule has 8 aromatic carbocycles. The predicted octanol–water partition coefficient (Wildman–Crippen LogP) is 12.7. The first kappa shape index (κ1) is 48.8. The molecule has 10 nitrogen and oxygen atoms in total. The van der Waals surface area contributed by atoms with Gasteiger partial charge in [-0.15, -0.1) is 0 Å². The molecule has 8 aromatic rings. The van der Waals surface area contributed by atoms with Crippen LogP contribution in [-0.2, 0) is 29.8 Å². The van der Waals surface area contributed by atoms with E-state index in [-0.39, 0.29) is 26.4 Å². The zero-order valence-corrected chi connectivity index (χ0v) is 40.7. The van der Waals surface area contributed by atoms with Crippen molar-refractivity contribution >= 4 is 47.1 Å². The first-order chi connectivity index (χ1) is 35.0. The molecule has 360 valence electrons. The van der Waals surface area contributed by atoms with Crippen LogP contribution in [0.15, 0.2) is 194 Å². The smallest absolute Gasteiger partial charge is 0.338 e. The molecule has 0 saturated heterocycles. The second-order valence-electron chi connectivity index (χ2n) is 17.1. The second kappa shape index (κ2) is 21.4. The molecule has 72 heavy (non-hydrogen) atoms. The van der Waals surface area contributed by atoms with Gasteiger partial charge in [0.15, 0.2) is 0 Å². The Hall–Kier alpha value is -8.18. The molecule has 2 aliphatic rings. The number of ether oxygens (including phenoxy) is 6. The van der Waals surface area contributed by atoms with Gasteiger partial charge < -0.3 is 28.4 Å². The molecule has 0 aliphatic heterocycles. The maximum absolute atomic E-state index is 13.1. The molecule has 10 rings (SSSR count). The Morgan fingerprint density at radius 1 is 0.347 bits per heavy atom. The summed E-state index contributed by atoms with van der Waals surface area (Å²) < 4.78 is 33.9. The summed E-state index contributed by atoms with van der Waals surface area (Å²) in [6.07, 6.45) is 0. The molecular weight excluding hydrogens is 952 g/mol. The van der Waals surface area contributed by atoms with Crippen LogP contribution in [0.25, 0.3) is 22.3 Å². The minimum absolute atomic E-state index is 0.0114. The van der Waals surface area contributed by atoms with Gasteiger partial charge >= 0.3 is 23.9 Å². The maximum Gasteiger partial charge on any atom is 0.338 e. The molecule has 0 radical (unpaired) electrons. The van der Waals surface area contributed by atoms with Gasteiger partial charge in [0.2, 0.25) is 0 Å². The van der Waals surface area contributed by atoms with Gasteiger partial charge in [-0.2, -0.15) is 0 Å². The normalized spacial score (nSPS) is 12.8. The van der Waals surface area contributed by atoms with Crippen molar-refractivity contribution in [2.24, 2.45) is 0 Å². The lowest BCUT2D eigenvalue weighted by Gasteiger charge is -2.31. The summed E-state index contributed by atoms with van der Waals surface area (Å²) in [4.78, 5) is 52.0. The zero-order chi connectivity index (χ0) is 50.2. The molecule has 0 unspecified atom stereocenters. The van der Waals surface area contributed by atoms with Crippen molar-refractivity contribution in [3.05, 3.63) is 249 Å². The van der Waals surface area contributed by atoms with Crippen molar-refractivity contribution in [3.63, 3.8) is 0 Å². The first-order valence-electron chi connectivity index (χ1n) is 22.9. The summed E-state index contributed by atoms with van der Waals surface area (Å²) in [5, 5.41) is 0.891. The minimum atomic E-state index is -0.879. The van der Waals surface area contributed by atoms with Crippen molar-refractivity contribution in [2.75, 3.05) is 40.6 Å². The van der Waals surface area contributed by atoms with Crippen molar-refractivity contribution in [1.29, 1.82) is 0 Å². The van der Waals surface area contributed by atoms with Gasteiger partial charge in [0.1, 0.15) is 37.9 Å². The van der Waals surface area contributed by atoms with E-state index in [9.17, 15) is 19.2 Å². The highest BCUT2D eigenvalue weighted by Gasteiger charge is 2.47. The molecule has 0 heterocycles. The maximum atomic E-state index is 13.1. The van der Waals surface area contributed by atoms with Crippen LogP contribution in [0.4, 0.5) is 0 Å². The van der Waals surface area contributed by atoms with Crippen molar-refractivity contribution in [1.82, 2.24) is 0 Å². The molecule has 0 N–H and O–H groups in total. The van der Waals surface area contributed by atoms with Crippen LogP contribution in [0, 0.1) is 0 Å². The number of hydrogen-bond acceptors (Lipinski definition) is 10. The quantitative estimate of drug-likeness (QED) is 0.0768. The van der Waals surface area contributed by atoms with Gasteiger partial charge in [-0.3, -0.25) is 0 Å². The number of esters is 4.